The Hall–Kier alpha value is -0.540. The van der Waals surface area contributed by atoms with E-state index in [0.29, 0.717) is 12.0 Å². The lowest BCUT2D eigenvalue weighted by Gasteiger charge is -2.31. The maximum atomic E-state index is 6.19. The molecule has 0 amide bonds. The van der Waals surface area contributed by atoms with Gasteiger partial charge in [-0.15, -0.1) is 0 Å². The number of hydrogen-bond acceptors (Lipinski definition) is 2. The molecule has 0 radical (unpaired) electrons. The predicted molar refractivity (Wildman–Crippen MR) is 62.3 cm³/mol. The highest BCUT2D eigenvalue weighted by atomic mass is 35.5. The molecule has 1 fully saturated rings. The Bertz CT molecular complexity index is 315. The normalized spacial score (nSPS) is 26.9. The molecule has 0 aromatic carbocycles. The zero-order valence-electron chi connectivity index (χ0n) is 9.33. The number of nitrogens with one attached hydrogen (secondary N) is 1. The van der Waals surface area contributed by atoms with Gasteiger partial charge in [0.15, 0.2) is 0 Å². The standard InChI is InChI=1S/C11H18ClN3/c1-13-10-6-4-3-5-8(10)11-9(12)7-14-15(11)2/h7-8,10,13H,3-6H2,1-2H3. The smallest absolute Gasteiger partial charge is 0.0821 e. The highest BCUT2D eigenvalue weighted by Gasteiger charge is 2.29. The molecule has 0 spiro atoms. The summed E-state index contributed by atoms with van der Waals surface area (Å²) in [6.45, 7) is 0. The minimum atomic E-state index is 0.517. The first-order valence-electron chi connectivity index (χ1n) is 5.58. The van der Waals surface area contributed by atoms with E-state index in [9.17, 15) is 0 Å². The first-order valence-corrected chi connectivity index (χ1v) is 5.96. The molecule has 0 bridgehead atoms. The SMILES string of the molecule is CNC1CCCCC1c1c(Cl)cnn1C. The summed E-state index contributed by atoms with van der Waals surface area (Å²) in [5.74, 6) is 0.517. The molecular weight excluding hydrogens is 210 g/mol. The monoisotopic (exact) mass is 227 g/mol. The second-order valence-electron chi connectivity index (χ2n) is 4.29. The Morgan fingerprint density at radius 2 is 2.20 bits per heavy atom. The third kappa shape index (κ3) is 2.04. The van der Waals surface area contributed by atoms with Crippen LogP contribution in [0.1, 0.15) is 37.3 Å². The first-order chi connectivity index (χ1) is 7.24. The molecule has 1 aromatic rings. The Morgan fingerprint density at radius 3 is 2.80 bits per heavy atom. The summed E-state index contributed by atoms with van der Waals surface area (Å²) < 4.78 is 1.92. The molecular formula is C11H18ClN3. The molecule has 2 atom stereocenters. The van der Waals surface area contributed by atoms with Crippen LogP contribution in [0.5, 0.6) is 0 Å². The minimum absolute atomic E-state index is 0.517. The van der Waals surface area contributed by atoms with E-state index in [0.717, 1.165) is 5.02 Å². The molecule has 1 aromatic heterocycles. The molecule has 1 aliphatic rings. The molecule has 0 saturated heterocycles. The fraction of sp³-hybridized carbons (Fsp3) is 0.727. The average molecular weight is 228 g/mol. The van der Waals surface area contributed by atoms with Crippen molar-refractivity contribution >= 4 is 11.6 Å². The third-order valence-corrected chi connectivity index (χ3v) is 3.72. The molecule has 0 aliphatic heterocycles. The van der Waals surface area contributed by atoms with Gasteiger partial charge >= 0.3 is 0 Å². The van der Waals surface area contributed by atoms with E-state index in [4.69, 9.17) is 11.6 Å². The highest BCUT2D eigenvalue weighted by molar-refractivity contribution is 6.31. The first kappa shape index (κ1) is 11.0. The molecule has 1 heterocycles. The maximum absolute atomic E-state index is 6.19. The number of nitrogens with zero attached hydrogens (tertiary/aromatic N) is 2. The highest BCUT2D eigenvalue weighted by Crippen LogP contribution is 2.35. The van der Waals surface area contributed by atoms with Gasteiger partial charge in [-0.2, -0.15) is 5.10 Å². The van der Waals surface area contributed by atoms with Crippen molar-refractivity contribution in [2.24, 2.45) is 7.05 Å². The Morgan fingerprint density at radius 1 is 1.47 bits per heavy atom. The quantitative estimate of drug-likeness (QED) is 0.841. The lowest BCUT2D eigenvalue weighted by atomic mass is 9.82. The van der Waals surface area contributed by atoms with Crippen molar-refractivity contribution in [2.75, 3.05) is 7.05 Å². The van der Waals surface area contributed by atoms with Crippen molar-refractivity contribution in [3.8, 4) is 0 Å². The Labute approximate surface area is 95.8 Å². The molecule has 3 nitrogen and oxygen atoms in total. The van der Waals surface area contributed by atoms with Gasteiger partial charge in [0, 0.05) is 19.0 Å². The van der Waals surface area contributed by atoms with Crippen molar-refractivity contribution in [3.63, 3.8) is 0 Å². The lowest BCUT2D eigenvalue weighted by Crippen LogP contribution is -2.35. The van der Waals surface area contributed by atoms with Crippen LogP contribution in [0.15, 0.2) is 6.20 Å². The summed E-state index contributed by atoms with van der Waals surface area (Å²) in [6.07, 6.45) is 6.81. The van der Waals surface area contributed by atoms with Crippen LogP contribution in [0.3, 0.4) is 0 Å². The van der Waals surface area contributed by atoms with Gasteiger partial charge in [0.05, 0.1) is 16.9 Å². The molecule has 1 saturated carbocycles. The zero-order chi connectivity index (χ0) is 10.8. The van der Waals surface area contributed by atoms with E-state index in [1.165, 1.54) is 31.4 Å². The second kappa shape index (κ2) is 4.54. The topological polar surface area (TPSA) is 29.9 Å². The van der Waals surface area contributed by atoms with E-state index in [1.54, 1.807) is 6.20 Å². The van der Waals surface area contributed by atoms with E-state index in [2.05, 4.69) is 10.4 Å². The minimum Gasteiger partial charge on any atom is -0.316 e. The number of hydrogen-bond donors (Lipinski definition) is 1. The molecule has 84 valence electrons. The van der Waals surface area contributed by atoms with Crippen LogP contribution < -0.4 is 5.32 Å². The molecule has 1 aliphatic carbocycles. The average Bonchev–Trinajstić information content (AvgIpc) is 2.59. The van der Waals surface area contributed by atoms with Crippen molar-refractivity contribution in [2.45, 2.75) is 37.6 Å². The van der Waals surface area contributed by atoms with E-state index >= 15 is 0 Å². The summed E-state index contributed by atoms with van der Waals surface area (Å²) in [5.41, 5.74) is 1.19. The summed E-state index contributed by atoms with van der Waals surface area (Å²) >= 11 is 6.19. The zero-order valence-corrected chi connectivity index (χ0v) is 10.1. The van der Waals surface area contributed by atoms with Gasteiger partial charge < -0.3 is 5.32 Å². The summed E-state index contributed by atoms with van der Waals surface area (Å²) in [4.78, 5) is 0. The Balaban J connectivity index is 2.27. The third-order valence-electron chi connectivity index (χ3n) is 3.43. The van der Waals surface area contributed by atoms with Crippen LogP contribution in [-0.4, -0.2) is 22.9 Å². The van der Waals surface area contributed by atoms with Gasteiger partial charge in [-0.3, -0.25) is 4.68 Å². The van der Waals surface area contributed by atoms with Crippen LogP contribution in [0.25, 0.3) is 0 Å². The van der Waals surface area contributed by atoms with Gasteiger partial charge in [-0.1, -0.05) is 24.4 Å². The van der Waals surface area contributed by atoms with Crippen molar-refractivity contribution in [3.05, 3.63) is 16.9 Å². The molecule has 2 rings (SSSR count). The number of likely N-dealkylation sites (N-methyl/N-ethyl adjacent to an activating group) is 1. The number of rotatable bonds is 2. The summed E-state index contributed by atoms with van der Waals surface area (Å²) in [5, 5.41) is 8.42. The van der Waals surface area contributed by atoms with Crippen LogP contribution in [-0.2, 0) is 7.05 Å². The number of halogens is 1. The largest absolute Gasteiger partial charge is 0.316 e. The van der Waals surface area contributed by atoms with E-state index < -0.39 is 0 Å². The van der Waals surface area contributed by atoms with E-state index in [1.807, 2.05) is 18.8 Å². The van der Waals surface area contributed by atoms with Gasteiger partial charge in [-0.25, -0.2) is 0 Å². The number of aryl methyl sites for hydroxylation is 1. The molecule has 15 heavy (non-hydrogen) atoms. The summed E-state index contributed by atoms with van der Waals surface area (Å²) in [7, 11) is 4.01. The Kier molecular flexibility index (Phi) is 3.32. The van der Waals surface area contributed by atoms with Crippen molar-refractivity contribution in [1.29, 1.82) is 0 Å². The van der Waals surface area contributed by atoms with Crippen molar-refractivity contribution in [1.82, 2.24) is 15.1 Å². The van der Waals surface area contributed by atoms with Gasteiger partial charge in [0.1, 0.15) is 0 Å². The van der Waals surface area contributed by atoms with Crippen LogP contribution in [0.4, 0.5) is 0 Å². The molecule has 4 heteroatoms. The fourth-order valence-electron chi connectivity index (χ4n) is 2.64. The van der Waals surface area contributed by atoms with E-state index in [-0.39, 0.29) is 0 Å². The molecule has 2 unspecified atom stereocenters. The van der Waals surface area contributed by atoms with Crippen LogP contribution in [0, 0.1) is 0 Å². The second-order valence-corrected chi connectivity index (χ2v) is 4.69. The van der Waals surface area contributed by atoms with Crippen molar-refractivity contribution < 1.29 is 0 Å². The predicted octanol–water partition coefficient (Wildman–Crippen LogP) is 2.32. The molecule has 1 N–H and O–H groups in total. The van der Waals surface area contributed by atoms with Gasteiger partial charge in [0.2, 0.25) is 0 Å². The fourth-order valence-corrected chi connectivity index (χ4v) is 2.95. The van der Waals surface area contributed by atoms with Gasteiger partial charge in [-0.05, 0) is 19.9 Å². The maximum Gasteiger partial charge on any atom is 0.0821 e. The lowest BCUT2D eigenvalue weighted by molar-refractivity contribution is 0.332. The van der Waals surface area contributed by atoms with Crippen LogP contribution in [0.2, 0.25) is 5.02 Å². The van der Waals surface area contributed by atoms with Crippen LogP contribution >= 0.6 is 11.6 Å². The number of aromatic nitrogens is 2. The summed E-state index contributed by atoms with van der Waals surface area (Å²) in [6, 6.07) is 0.548. The van der Waals surface area contributed by atoms with Gasteiger partial charge in [0.25, 0.3) is 0 Å².